The standard InChI is InChI=1S/C16H12ClNO4S/c1-9(15(19)20)21-11-3-5-12(6-4-11)22-16-18-13-8-10(17)2-7-14(13)23-16/h2-9H,1H3,(H,19,20)/t9-/m1/s1. The Hall–Kier alpha value is -2.31. The molecule has 1 aromatic heterocycles. The van der Waals surface area contributed by atoms with E-state index in [4.69, 9.17) is 26.2 Å². The number of rotatable bonds is 5. The van der Waals surface area contributed by atoms with Gasteiger partial charge in [0.1, 0.15) is 11.5 Å². The number of ether oxygens (including phenoxy) is 2. The van der Waals surface area contributed by atoms with Gasteiger partial charge in [-0.2, -0.15) is 0 Å². The number of aromatic nitrogens is 1. The van der Waals surface area contributed by atoms with E-state index in [2.05, 4.69) is 4.98 Å². The molecule has 0 radical (unpaired) electrons. The number of carboxylic acids is 1. The maximum absolute atomic E-state index is 10.8. The number of aliphatic carboxylic acids is 1. The summed E-state index contributed by atoms with van der Waals surface area (Å²) in [5.41, 5.74) is 0.785. The SMILES string of the molecule is C[C@@H](Oc1ccc(Oc2nc3cc(Cl)ccc3s2)cc1)C(=O)O. The molecule has 0 saturated heterocycles. The lowest BCUT2D eigenvalue weighted by molar-refractivity contribution is -0.144. The minimum atomic E-state index is -1.02. The van der Waals surface area contributed by atoms with Crippen molar-refractivity contribution >= 4 is 39.1 Å². The van der Waals surface area contributed by atoms with Gasteiger partial charge in [-0.3, -0.25) is 0 Å². The molecule has 5 nitrogen and oxygen atoms in total. The third kappa shape index (κ3) is 3.72. The quantitative estimate of drug-likeness (QED) is 0.729. The summed E-state index contributed by atoms with van der Waals surface area (Å²) in [6.07, 6.45) is -0.907. The summed E-state index contributed by atoms with van der Waals surface area (Å²) < 4.78 is 11.9. The van der Waals surface area contributed by atoms with Crippen molar-refractivity contribution in [3.05, 3.63) is 47.5 Å². The molecule has 1 N–H and O–H groups in total. The van der Waals surface area contributed by atoms with E-state index in [9.17, 15) is 4.79 Å². The van der Waals surface area contributed by atoms with Gasteiger partial charge >= 0.3 is 5.97 Å². The number of nitrogens with zero attached hydrogens (tertiary/aromatic N) is 1. The van der Waals surface area contributed by atoms with Crippen LogP contribution in [0.15, 0.2) is 42.5 Å². The first kappa shape index (κ1) is 15.6. The molecule has 3 rings (SSSR count). The van der Waals surface area contributed by atoms with Crippen molar-refractivity contribution in [1.82, 2.24) is 4.98 Å². The van der Waals surface area contributed by atoms with E-state index in [-0.39, 0.29) is 0 Å². The van der Waals surface area contributed by atoms with Crippen LogP contribution >= 0.6 is 22.9 Å². The van der Waals surface area contributed by atoms with E-state index in [0.717, 1.165) is 10.2 Å². The van der Waals surface area contributed by atoms with Crippen LogP contribution in [0.25, 0.3) is 10.2 Å². The van der Waals surface area contributed by atoms with Gasteiger partial charge in [0.2, 0.25) is 0 Å². The van der Waals surface area contributed by atoms with Crippen molar-refractivity contribution in [2.24, 2.45) is 0 Å². The molecule has 0 aliphatic heterocycles. The maximum Gasteiger partial charge on any atom is 0.344 e. The number of carbonyl (C=O) groups is 1. The van der Waals surface area contributed by atoms with Crippen LogP contribution in [0.4, 0.5) is 0 Å². The summed E-state index contributed by atoms with van der Waals surface area (Å²) in [5, 5.41) is 9.95. The number of thiazole rings is 1. The third-order valence-corrected chi connectivity index (χ3v) is 4.17. The molecule has 0 aliphatic carbocycles. The Kier molecular flexibility index (Phi) is 4.36. The molecule has 0 spiro atoms. The van der Waals surface area contributed by atoms with Crippen LogP contribution in [0, 0.1) is 0 Å². The summed E-state index contributed by atoms with van der Waals surface area (Å²) >= 11 is 7.36. The van der Waals surface area contributed by atoms with Gasteiger partial charge in [-0.15, -0.1) is 0 Å². The Morgan fingerprint density at radius 3 is 2.61 bits per heavy atom. The van der Waals surface area contributed by atoms with Gasteiger partial charge in [-0.05, 0) is 49.4 Å². The largest absolute Gasteiger partial charge is 0.479 e. The lowest BCUT2D eigenvalue weighted by atomic mass is 10.3. The summed E-state index contributed by atoms with van der Waals surface area (Å²) in [5.74, 6) is 0.0345. The van der Waals surface area contributed by atoms with Crippen LogP contribution in [0.2, 0.25) is 5.02 Å². The van der Waals surface area contributed by atoms with Gasteiger partial charge in [0, 0.05) is 5.02 Å². The number of carboxylic acid groups (broad SMARTS) is 1. The Bertz CT molecular complexity index is 847. The van der Waals surface area contributed by atoms with Gasteiger partial charge in [-0.25, -0.2) is 9.78 Å². The zero-order valence-corrected chi connectivity index (χ0v) is 13.6. The summed E-state index contributed by atoms with van der Waals surface area (Å²) in [7, 11) is 0. The minimum Gasteiger partial charge on any atom is -0.479 e. The molecule has 2 aromatic carbocycles. The molecule has 7 heteroatoms. The highest BCUT2D eigenvalue weighted by molar-refractivity contribution is 7.20. The monoisotopic (exact) mass is 349 g/mol. The molecule has 0 bridgehead atoms. The average molecular weight is 350 g/mol. The molecule has 1 atom stereocenters. The van der Waals surface area contributed by atoms with Gasteiger partial charge in [0.25, 0.3) is 5.19 Å². The first-order valence-electron chi connectivity index (χ1n) is 6.75. The van der Waals surface area contributed by atoms with E-state index in [0.29, 0.717) is 21.7 Å². The lowest BCUT2D eigenvalue weighted by Gasteiger charge is -2.10. The second kappa shape index (κ2) is 6.44. The zero-order chi connectivity index (χ0) is 16.4. The van der Waals surface area contributed by atoms with Gasteiger partial charge < -0.3 is 14.6 Å². The summed E-state index contributed by atoms with van der Waals surface area (Å²) in [6, 6.07) is 12.2. The fraction of sp³-hybridized carbons (Fsp3) is 0.125. The van der Waals surface area contributed by atoms with Crippen LogP contribution in [0.1, 0.15) is 6.92 Å². The minimum absolute atomic E-state index is 0.461. The molecule has 0 fully saturated rings. The van der Waals surface area contributed by atoms with E-state index < -0.39 is 12.1 Å². The lowest BCUT2D eigenvalue weighted by Crippen LogP contribution is -2.22. The van der Waals surface area contributed by atoms with Crippen molar-refractivity contribution < 1.29 is 19.4 Å². The normalized spacial score (nSPS) is 12.1. The molecular weight excluding hydrogens is 338 g/mol. The first-order chi connectivity index (χ1) is 11.0. The fourth-order valence-corrected chi connectivity index (χ4v) is 2.85. The first-order valence-corrected chi connectivity index (χ1v) is 7.94. The number of hydrogen-bond donors (Lipinski definition) is 1. The molecule has 0 unspecified atom stereocenters. The maximum atomic E-state index is 10.8. The van der Waals surface area contributed by atoms with Crippen molar-refractivity contribution in [1.29, 1.82) is 0 Å². The summed E-state index contributed by atoms with van der Waals surface area (Å²) in [6.45, 7) is 1.47. The number of hydrogen-bond acceptors (Lipinski definition) is 5. The van der Waals surface area contributed by atoms with Crippen molar-refractivity contribution in [2.45, 2.75) is 13.0 Å². The molecule has 23 heavy (non-hydrogen) atoms. The van der Waals surface area contributed by atoms with Crippen molar-refractivity contribution in [2.75, 3.05) is 0 Å². The fourth-order valence-electron chi connectivity index (χ4n) is 1.86. The third-order valence-electron chi connectivity index (χ3n) is 3.02. The predicted molar refractivity (Wildman–Crippen MR) is 88.9 cm³/mol. The topological polar surface area (TPSA) is 68.7 Å². The Morgan fingerprint density at radius 1 is 1.22 bits per heavy atom. The predicted octanol–water partition coefficient (Wildman–Crippen LogP) is 4.59. The second-order valence-electron chi connectivity index (χ2n) is 4.76. The zero-order valence-electron chi connectivity index (χ0n) is 12.0. The molecule has 0 amide bonds. The van der Waals surface area contributed by atoms with Crippen molar-refractivity contribution in [3.63, 3.8) is 0 Å². The van der Waals surface area contributed by atoms with Crippen LogP contribution < -0.4 is 9.47 Å². The van der Waals surface area contributed by atoms with Gasteiger partial charge in [0.05, 0.1) is 10.2 Å². The van der Waals surface area contributed by atoms with E-state index in [1.165, 1.54) is 18.3 Å². The highest BCUT2D eigenvalue weighted by Crippen LogP contribution is 2.33. The smallest absolute Gasteiger partial charge is 0.344 e. The second-order valence-corrected chi connectivity index (χ2v) is 6.19. The highest BCUT2D eigenvalue weighted by atomic mass is 35.5. The van der Waals surface area contributed by atoms with Crippen LogP contribution in [-0.2, 0) is 4.79 Å². The molecule has 1 heterocycles. The molecule has 118 valence electrons. The van der Waals surface area contributed by atoms with Crippen LogP contribution in [0.5, 0.6) is 16.7 Å². The molecule has 3 aromatic rings. The van der Waals surface area contributed by atoms with E-state index in [1.54, 1.807) is 30.3 Å². The molecule has 0 aliphatic rings. The highest BCUT2D eigenvalue weighted by Gasteiger charge is 2.12. The van der Waals surface area contributed by atoms with Gasteiger partial charge in [-0.1, -0.05) is 22.9 Å². The van der Waals surface area contributed by atoms with E-state index >= 15 is 0 Å². The van der Waals surface area contributed by atoms with Crippen LogP contribution in [0.3, 0.4) is 0 Å². The average Bonchev–Trinajstić information content (AvgIpc) is 2.90. The van der Waals surface area contributed by atoms with E-state index in [1.807, 2.05) is 12.1 Å². The van der Waals surface area contributed by atoms with Crippen molar-refractivity contribution in [3.8, 4) is 16.7 Å². The molecule has 0 saturated carbocycles. The molecular formula is C16H12ClNO4S. The number of halogens is 1. The summed E-state index contributed by atoms with van der Waals surface area (Å²) in [4.78, 5) is 15.1. The Morgan fingerprint density at radius 2 is 1.91 bits per heavy atom. The number of benzene rings is 2. The van der Waals surface area contributed by atoms with Crippen LogP contribution in [-0.4, -0.2) is 22.2 Å². The van der Waals surface area contributed by atoms with Gasteiger partial charge in [0.15, 0.2) is 6.10 Å². The Balaban J connectivity index is 1.73. The Labute approximate surface area is 141 Å². The number of fused-ring (bicyclic) bond motifs is 1.